The molecule has 0 aliphatic heterocycles. The molecule has 0 heterocycles. The summed E-state index contributed by atoms with van der Waals surface area (Å²) in [7, 11) is 1.55. The molecule has 0 aromatic heterocycles. The summed E-state index contributed by atoms with van der Waals surface area (Å²) in [6.45, 7) is 1.93. The second-order valence-electron chi connectivity index (χ2n) is 4.37. The minimum atomic E-state index is -0.369. The van der Waals surface area contributed by atoms with Crippen LogP contribution in [0.2, 0.25) is 0 Å². The van der Waals surface area contributed by atoms with E-state index in [9.17, 15) is 4.79 Å². The van der Waals surface area contributed by atoms with Crippen molar-refractivity contribution < 1.29 is 9.53 Å². The Hall–Kier alpha value is -2.69. The lowest BCUT2D eigenvalue weighted by Gasteiger charge is -2.12. The van der Waals surface area contributed by atoms with Gasteiger partial charge >= 0.3 is 6.03 Å². The van der Waals surface area contributed by atoms with Crippen molar-refractivity contribution in [1.82, 2.24) is 0 Å². The Bertz CT molecular complexity index is 626. The molecular formula is C15H17N3O2. The van der Waals surface area contributed by atoms with E-state index >= 15 is 0 Å². The number of rotatable bonds is 3. The molecule has 0 atom stereocenters. The lowest BCUT2D eigenvalue weighted by molar-refractivity contribution is 0.262. The number of anilines is 3. The lowest BCUT2D eigenvalue weighted by Crippen LogP contribution is -2.20. The third-order valence-corrected chi connectivity index (χ3v) is 2.81. The number of benzene rings is 2. The minimum Gasteiger partial charge on any atom is -0.495 e. The van der Waals surface area contributed by atoms with Gasteiger partial charge in [-0.25, -0.2) is 4.79 Å². The topological polar surface area (TPSA) is 76.4 Å². The van der Waals surface area contributed by atoms with Crippen molar-refractivity contribution in [1.29, 1.82) is 0 Å². The zero-order valence-corrected chi connectivity index (χ0v) is 11.4. The number of carbonyl (C=O) groups excluding carboxylic acids is 1. The van der Waals surface area contributed by atoms with Crippen molar-refractivity contribution in [2.45, 2.75) is 6.92 Å². The number of amides is 2. The maximum Gasteiger partial charge on any atom is 0.323 e. The van der Waals surface area contributed by atoms with Gasteiger partial charge < -0.3 is 21.1 Å². The molecule has 0 saturated carbocycles. The van der Waals surface area contributed by atoms with E-state index in [0.29, 0.717) is 22.8 Å². The quantitative estimate of drug-likeness (QED) is 0.750. The van der Waals surface area contributed by atoms with Crippen molar-refractivity contribution in [3.05, 3.63) is 48.0 Å². The highest BCUT2D eigenvalue weighted by atomic mass is 16.5. The predicted molar refractivity (Wildman–Crippen MR) is 81.2 cm³/mol. The van der Waals surface area contributed by atoms with Gasteiger partial charge in [0.25, 0.3) is 0 Å². The summed E-state index contributed by atoms with van der Waals surface area (Å²) < 4.78 is 5.17. The Labute approximate surface area is 117 Å². The molecule has 4 N–H and O–H groups in total. The molecule has 2 aromatic carbocycles. The molecule has 0 bridgehead atoms. The maximum atomic E-state index is 12.0. The average molecular weight is 271 g/mol. The molecule has 104 valence electrons. The van der Waals surface area contributed by atoms with Crippen molar-refractivity contribution >= 4 is 23.1 Å². The fourth-order valence-corrected chi connectivity index (χ4v) is 1.80. The number of ether oxygens (including phenoxy) is 1. The number of nitrogens with two attached hydrogens (primary N) is 1. The second-order valence-corrected chi connectivity index (χ2v) is 4.37. The minimum absolute atomic E-state index is 0.369. The molecule has 0 spiro atoms. The number of methoxy groups -OCH3 is 1. The summed E-state index contributed by atoms with van der Waals surface area (Å²) in [5.74, 6) is 0.597. The van der Waals surface area contributed by atoms with Crippen LogP contribution >= 0.6 is 0 Å². The first kappa shape index (κ1) is 13.7. The van der Waals surface area contributed by atoms with E-state index in [1.165, 1.54) is 0 Å². The zero-order chi connectivity index (χ0) is 14.5. The van der Waals surface area contributed by atoms with Gasteiger partial charge in [-0.3, -0.25) is 0 Å². The van der Waals surface area contributed by atoms with Crippen LogP contribution in [-0.4, -0.2) is 13.1 Å². The van der Waals surface area contributed by atoms with Gasteiger partial charge in [-0.1, -0.05) is 18.2 Å². The van der Waals surface area contributed by atoms with Crippen LogP contribution in [-0.2, 0) is 0 Å². The van der Waals surface area contributed by atoms with Crippen LogP contribution in [0.25, 0.3) is 0 Å². The second kappa shape index (κ2) is 5.97. The summed E-state index contributed by atoms with van der Waals surface area (Å²) in [6.07, 6.45) is 0. The van der Waals surface area contributed by atoms with Crippen LogP contribution in [0.15, 0.2) is 42.5 Å². The first-order valence-corrected chi connectivity index (χ1v) is 6.17. The Morgan fingerprint density at radius 2 is 1.80 bits per heavy atom. The molecule has 0 aliphatic carbocycles. The summed E-state index contributed by atoms with van der Waals surface area (Å²) in [5.41, 5.74) is 8.54. The molecule has 20 heavy (non-hydrogen) atoms. The van der Waals surface area contributed by atoms with Crippen LogP contribution in [0, 0.1) is 6.92 Å². The summed E-state index contributed by atoms with van der Waals surface area (Å²) in [4.78, 5) is 12.0. The Kier molecular flexibility index (Phi) is 4.10. The van der Waals surface area contributed by atoms with E-state index in [0.717, 1.165) is 5.56 Å². The first-order chi connectivity index (χ1) is 9.60. The number of hydrogen-bond acceptors (Lipinski definition) is 3. The number of para-hydroxylation sites is 2. The normalized spacial score (nSPS) is 9.90. The molecule has 5 heteroatoms. The van der Waals surface area contributed by atoms with Crippen LogP contribution < -0.4 is 21.1 Å². The van der Waals surface area contributed by atoms with Crippen molar-refractivity contribution in [2.75, 3.05) is 23.5 Å². The number of aryl methyl sites for hydroxylation is 1. The summed E-state index contributed by atoms with van der Waals surface area (Å²) in [6, 6.07) is 12.3. The molecule has 0 fully saturated rings. The third-order valence-electron chi connectivity index (χ3n) is 2.81. The SMILES string of the molecule is COc1ccccc1NC(=O)Nc1cc(C)ccc1N. The highest BCUT2D eigenvalue weighted by Crippen LogP contribution is 2.24. The average Bonchev–Trinajstić information content (AvgIpc) is 2.43. The Morgan fingerprint density at radius 3 is 2.55 bits per heavy atom. The Morgan fingerprint density at radius 1 is 1.10 bits per heavy atom. The molecule has 0 unspecified atom stereocenters. The van der Waals surface area contributed by atoms with Crippen LogP contribution in [0.1, 0.15) is 5.56 Å². The number of nitrogen functional groups attached to an aromatic ring is 1. The van der Waals surface area contributed by atoms with Gasteiger partial charge in [0.15, 0.2) is 0 Å². The van der Waals surface area contributed by atoms with Crippen LogP contribution in [0.3, 0.4) is 0 Å². The molecule has 2 aromatic rings. The summed E-state index contributed by atoms with van der Waals surface area (Å²) in [5, 5.41) is 5.45. The highest BCUT2D eigenvalue weighted by Gasteiger charge is 2.08. The number of urea groups is 1. The van der Waals surface area contributed by atoms with Crippen LogP contribution in [0.4, 0.5) is 21.9 Å². The van der Waals surface area contributed by atoms with E-state index in [1.807, 2.05) is 31.2 Å². The number of hydrogen-bond donors (Lipinski definition) is 3. The largest absolute Gasteiger partial charge is 0.495 e. The van der Waals surface area contributed by atoms with Gasteiger partial charge in [-0.05, 0) is 36.8 Å². The molecule has 0 aliphatic rings. The van der Waals surface area contributed by atoms with Crippen molar-refractivity contribution in [3.8, 4) is 5.75 Å². The molecule has 2 amide bonds. The molecule has 2 rings (SSSR count). The summed E-state index contributed by atoms with van der Waals surface area (Å²) >= 11 is 0. The smallest absolute Gasteiger partial charge is 0.323 e. The predicted octanol–water partition coefficient (Wildman–Crippen LogP) is 3.23. The van der Waals surface area contributed by atoms with E-state index in [1.54, 1.807) is 25.3 Å². The fourth-order valence-electron chi connectivity index (χ4n) is 1.80. The Balaban J connectivity index is 2.11. The van der Waals surface area contributed by atoms with Gasteiger partial charge in [0.1, 0.15) is 5.75 Å². The molecule has 0 saturated heterocycles. The van der Waals surface area contributed by atoms with Crippen LogP contribution in [0.5, 0.6) is 5.75 Å². The van der Waals surface area contributed by atoms with E-state index in [4.69, 9.17) is 10.5 Å². The van der Waals surface area contributed by atoms with Gasteiger partial charge in [0.2, 0.25) is 0 Å². The lowest BCUT2D eigenvalue weighted by atomic mass is 10.2. The van der Waals surface area contributed by atoms with Crippen molar-refractivity contribution in [3.63, 3.8) is 0 Å². The van der Waals surface area contributed by atoms with E-state index in [-0.39, 0.29) is 6.03 Å². The van der Waals surface area contributed by atoms with E-state index < -0.39 is 0 Å². The van der Waals surface area contributed by atoms with Crippen molar-refractivity contribution in [2.24, 2.45) is 0 Å². The maximum absolute atomic E-state index is 12.0. The standard InChI is InChI=1S/C15H17N3O2/c1-10-7-8-11(16)13(9-10)18-15(19)17-12-5-3-4-6-14(12)20-2/h3-9H,16H2,1-2H3,(H2,17,18,19). The van der Waals surface area contributed by atoms with E-state index in [2.05, 4.69) is 10.6 Å². The highest BCUT2D eigenvalue weighted by molar-refractivity contribution is 6.02. The number of carbonyl (C=O) groups is 1. The fraction of sp³-hybridized carbons (Fsp3) is 0.133. The number of nitrogens with one attached hydrogen (secondary N) is 2. The third kappa shape index (κ3) is 3.20. The molecule has 0 radical (unpaired) electrons. The monoisotopic (exact) mass is 271 g/mol. The first-order valence-electron chi connectivity index (χ1n) is 6.17. The van der Waals surface area contributed by atoms with Gasteiger partial charge in [-0.2, -0.15) is 0 Å². The van der Waals surface area contributed by atoms with Gasteiger partial charge in [0.05, 0.1) is 24.2 Å². The molecular weight excluding hydrogens is 254 g/mol. The van der Waals surface area contributed by atoms with Gasteiger partial charge in [0, 0.05) is 0 Å². The zero-order valence-electron chi connectivity index (χ0n) is 11.4. The van der Waals surface area contributed by atoms with Gasteiger partial charge in [-0.15, -0.1) is 0 Å². The molecule has 5 nitrogen and oxygen atoms in total.